The molecule has 33 heavy (non-hydrogen) atoms. The molecule has 3 rings (SSSR count). The Kier molecular flexibility index (Phi) is 7.08. The Bertz CT molecular complexity index is 1060. The normalized spacial score (nSPS) is 16.5. The summed E-state index contributed by atoms with van der Waals surface area (Å²) in [6.07, 6.45) is -9.88. The topological polar surface area (TPSA) is 66.5 Å². The molecule has 0 aliphatic carbocycles. The molecule has 2 aromatic carbocycles. The molecule has 0 aromatic heterocycles. The summed E-state index contributed by atoms with van der Waals surface area (Å²) in [5.74, 6) is -1.73. The highest BCUT2D eigenvalue weighted by atomic mass is 32.2. The quantitative estimate of drug-likeness (QED) is 0.601. The number of nitrogens with one attached hydrogen (secondary N) is 1. The fraction of sp³-hybridized carbons (Fsp3) is 0.381. The molecule has 2 aromatic rings. The van der Waals surface area contributed by atoms with Crippen LogP contribution in [0.25, 0.3) is 0 Å². The number of anilines is 1. The van der Waals surface area contributed by atoms with Crippen molar-refractivity contribution in [3.8, 4) is 0 Å². The molecular weight excluding hydrogens is 474 g/mol. The fourth-order valence-electron chi connectivity index (χ4n) is 3.54. The standard InChI is InChI=1S/C21H20F6N2O3S/c22-20(23,24)16-10-17(21(25,26)27)12-18(11-16)28-19(30)15-6-8-29(9-7-15)33(31,32)13-14-4-2-1-3-5-14/h1-5,10-12,15H,6-9,13H2,(H,28,30). The molecule has 1 aliphatic heterocycles. The van der Waals surface area contributed by atoms with Crippen LogP contribution in [0.1, 0.15) is 29.5 Å². The van der Waals surface area contributed by atoms with Crippen LogP contribution >= 0.6 is 0 Å². The van der Waals surface area contributed by atoms with Crippen LogP contribution in [-0.4, -0.2) is 31.7 Å². The molecule has 0 unspecified atom stereocenters. The molecule has 5 nitrogen and oxygen atoms in total. The molecule has 12 heteroatoms. The van der Waals surface area contributed by atoms with E-state index in [1.54, 1.807) is 30.3 Å². The van der Waals surface area contributed by atoms with E-state index in [1.807, 2.05) is 0 Å². The summed E-state index contributed by atoms with van der Waals surface area (Å²) in [7, 11) is -3.64. The van der Waals surface area contributed by atoms with Crippen molar-refractivity contribution in [3.63, 3.8) is 0 Å². The average Bonchev–Trinajstić information content (AvgIpc) is 2.73. The van der Waals surface area contributed by atoms with Crippen LogP contribution in [0.2, 0.25) is 0 Å². The molecule has 0 saturated carbocycles. The number of nitrogens with zero attached hydrogens (tertiary/aromatic N) is 1. The van der Waals surface area contributed by atoms with E-state index in [9.17, 15) is 39.6 Å². The van der Waals surface area contributed by atoms with Gasteiger partial charge in [-0.3, -0.25) is 4.79 Å². The lowest BCUT2D eigenvalue weighted by atomic mass is 9.97. The van der Waals surface area contributed by atoms with E-state index in [-0.39, 0.29) is 37.8 Å². The molecule has 0 atom stereocenters. The van der Waals surface area contributed by atoms with E-state index in [4.69, 9.17) is 0 Å². The van der Waals surface area contributed by atoms with Gasteiger partial charge < -0.3 is 5.32 Å². The van der Waals surface area contributed by atoms with E-state index in [2.05, 4.69) is 5.32 Å². The fourth-order valence-corrected chi connectivity index (χ4v) is 5.11. The molecule has 1 saturated heterocycles. The van der Waals surface area contributed by atoms with E-state index >= 15 is 0 Å². The molecule has 0 spiro atoms. The van der Waals surface area contributed by atoms with Crippen LogP contribution < -0.4 is 5.32 Å². The number of sulfonamides is 1. The minimum Gasteiger partial charge on any atom is -0.326 e. The third-order valence-corrected chi connectivity index (χ3v) is 7.12. The van der Waals surface area contributed by atoms with E-state index in [0.29, 0.717) is 17.7 Å². The first-order valence-electron chi connectivity index (χ1n) is 9.88. The molecule has 1 N–H and O–H groups in total. The van der Waals surface area contributed by atoms with Crippen LogP contribution in [0.3, 0.4) is 0 Å². The second kappa shape index (κ2) is 9.34. The maximum Gasteiger partial charge on any atom is 0.416 e. The summed E-state index contributed by atoms with van der Waals surface area (Å²) < 4.78 is 104. The minimum atomic E-state index is -5.03. The number of hydrogen-bond acceptors (Lipinski definition) is 3. The Morgan fingerprint density at radius 2 is 1.42 bits per heavy atom. The van der Waals surface area contributed by atoms with Crippen molar-refractivity contribution in [3.05, 3.63) is 65.2 Å². The highest BCUT2D eigenvalue weighted by Gasteiger charge is 2.37. The number of carbonyl (C=O) groups excluding carboxylic acids is 1. The van der Waals surface area contributed by atoms with Crippen molar-refractivity contribution >= 4 is 21.6 Å². The van der Waals surface area contributed by atoms with Gasteiger partial charge in [0.05, 0.1) is 16.9 Å². The van der Waals surface area contributed by atoms with Gasteiger partial charge in [-0.2, -0.15) is 26.3 Å². The Hall–Kier alpha value is -2.60. The zero-order valence-electron chi connectivity index (χ0n) is 17.1. The second-order valence-electron chi connectivity index (χ2n) is 7.70. The molecule has 1 fully saturated rings. The summed E-state index contributed by atoms with van der Waals surface area (Å²) in [5.41, 5.74) is -3.09. The van der Waals surface area contributed by atoms with Crippen LogP contribution in [0.4, 0.5) is 32.0 Å². The van der Waals surface area contributed by atoms with Gasteiger partial charge in [0.15, 0.2) is 0 Å². The lowest BCUT2D eigenvalue weighted by Gasteiger charge is -2.30. The van der Waals surface area contributed by atoms with Gasteiger partial charge >= 0.3 is 12.4 Å². The van der Waals surface area contributed by atoms with Crippen molar-refractivity contribution in [2.24, 2.45) is 5.92 Å². The Labute approximate surface area is 186 Å². The van der Waals surface area contributed by atoms with Gasteiger partial charge in [-0.25, -0.2) is 12.7 Å². The number of alkyl halides is 6. The highest BCUT2D eigenvalue weighted by Crippen LogP contribution is 2.37. The van der Waals surface area contributed by atoms with Crippen molar-refractivity contribution < 1.29 is 39.6 Å². The van der Waals surface area contributed by atoms with Gasteiger partial charge in [0, 0.05) is 24.7 Å². The van der Waals surface area contributed by atoms with E-state index < -0.39 is 51.0 Å². The van der Waals surface area contributed by atoms with E-state index in [1.165, 1.54) is 4.31 Å². The van der Waals surface area contributed by atoms with Gasteiger partial charge in [0.25, 0.3) is 0 Å². The molecule has 180 valence electrons. The van der Waals surface area contributed by atoms with Crippen molar-refractivity contribution in [2.45, 2.75) is 30.9 Å². The predicted octanol–water partition coefficient (Wildman–Crippen LogP) is 4.90. The lowest BCUT2D eigenvalue weighted by Crippen LogP contribution is -2.41. The summed E-state index contributed by atoms with van der Waals surface area (Å²) >= 11 is 0. The Morgan fingerprint density at radius 1 is 0.909 bits per heavy atom. The van der Waals surface area contributed by atoms with Gasteiger partial charge in [0.2, 0.25) is 15.9 Å². The van der Waals surface area contributed by atoms with Crippen molar-refractivity contribution in [1.29, 1.82) is 0 Å². The number of rotatable bonds is 5. The molecule has 1 amide bonds. The Balaban J connectivity index is 1.67. The highest BCUT2D eigenvalue weighted by molar-refractivity contribution is 7.88. The number of piperidine rings is 1. The third-order valence-electron chi connectivity index (χ3n) is 5.27. The smallest absolute Gasteiger partial charge is 0.326 e. The van der Waals surface area contributed by atoms with Gasteiger partial charge in [0.1, 0.15) is 0 Å². The first-order chi connectivity index (χ1) is 15.3. The summed E-state index contributed by atoms with van der Waals surface area (Å²) in [5, 5.41) is 2.12. The number of carbonyl (C=O) groups is 1. The summed E-state index contributed by atoms with van der Waals surface area (Å²) in [6.45, 7) is 0.0350. The van der Waals surface area contributed by atoms with Gasteiger partial charge in [-0.15, -0.1) is 0 Å². The maximum absolute atomic E-state index is 13.0. The zero-order valence-corrected chi connectivity index (χ0v) is 17.9. The monoisotopic (exact) mass is 494 g/mol. The van der Waals surface area contributed by atoms with Gasteiger partial charge in [-0.05, 0) is 36.6 Å². The lowest BCUT2D eigenvalue weighted by molar-refractivity contribution is -0.143. The minimum absolute atomic E-state index is 0.0175. The molecule has 1 heterocycles. The van der Waals surface area contributed by atoms with Crippen LogP contribution in [0, 0.1) is 5.92 Å². The van der Waals surface area contributed by atoms with Crippen LogP contribution in [0.15, 0.2) is 48.5 Å². The molecular formula is C21H20F6N2O3S. The van der Waals surface area contributed by atoms with Gasteiger partial charge in [-0.1, -0.05) is 30.3 Å². The average molecular weight is 494 g/mol. The number of halogens is 6. The zero-order chi connectivity index (χ0) is 24.4. The largest absolute Gasteiger partial charge is 0.416 e. The number of benzene rings is 2. The maximum atomic E-state index is 13.0. The first-order valence-corrected chi connectivity index (χ1v) is 11.5. The third kappa shape index (κ3) is 6.47. The van der Waals surface area contributed by atoms with Crippen LogP contribution in [-0.2, 0) is 32.9 Å². The number of amides is 1. The molecule has 0 bridgehead atoms. The SMILES string of the molecule is O=C(Nc1cc(C(F)(F)F)cc(C(F)(F)F)c1)C1CCN(S(=O)(=O)Cc2ccccc2)CC1. The molecule has 0 radical (unpaired) electrons. The summed E-state index contributed by atoms with van der Waals surface area (Å²) in [6, 6.07) is 9.36. The molecule has 1 aliphatic rings. The predicted molar refractivity (Wildman–Crippen MR) is 108 cm³/mol. The van der Waals surface area contributed by atoms with Crippen LogP contribution in [0.5, 0.6) is 0 Å². The number of hydrogen-bond donors (Lipinski definition) is 1. The van der Waals surface area contributed by atoms with Crippen molar-refractivity contribution in [2.75, 3.05) is 18.4 Å². The second-order valence-corrected chi connectivity index (χ2v) is 9.67. The van der Waals surface area contributed by atoms with Crippen molar-refractivity contribution in [1.82, 2.24) is 4.31 Å². The first kappa shape index (κ1) is 25.0. The summed E-state index contributed by atoms with van der Waals surface area (Å²) in [4.78, 5) is 12.5. The Morgan fingerprint density at radius 3 is 1.91 bits per heavy atom. The van der Waals surface area contributed by atoms with E-state index in [0.717, 1.165) is 0 Å².